The number of methoxy groups -OCH3 is 2. The van der Waals surface area contributed by atoms with Crippen molar-refractivity contribution in [2.24, 2.45) is 0 Å². The van der Waals surface area contributed by atoms with Gasteiger partial charge in [-0.2, -0.15) is 0 Å². The van der Waals surface area contributed by atoms with Crippen molar-refractivity contribution in [3.8, 4) is 5.88 Å². The van der Waals surface area contributed by atoms with Crippen LogP contribution < -0.4 is 4.74 Å². The van der Waals surface area contributed by atoms with Crippen LogP contribution in [-0.2, 0) is 16.1 Å². The molecule has 1 aromatic rings. The van der Waals surface area contributed by atoms with Gasteiger partial charge in [0.1, 0.15) is 0 Å². The van der Waals surface area contributed by atoms with E-state index < -0.39 is 0 Å². The van der Waals surface area contributed by atoms with Crippen LogP contribution in [0.4, 0.5) is 0 Å². The number of nitrogens with zero attached hydrogens (tertiary/aromatic N) is 2. The lowest BCUT2D eigenvalue weighted by Gasteiger charge is -2.15. The standard InChI is InChI=1S/C12H18N2O3/c1-14(8-7-12(15)17-3)9-10-5-4-6-11(13-10)16-2/h4-6H,7-9H2,1-3H3. The van der Waals surface area contributed by atoms with E-state index in [4.69, 9.17) is 4.74 Å². The Morgan fingerprint density at radius 3 is 2.82 bits per heavy atom. The molecule has 0 aliphatic carbocycles. The number of carbonyl (C=O) groups excluding carboxylic acids is 1. The summed E-state index contributed by atoms with van der Waals surface area (Å²) < 4.78 is 9.63. The largest absolute Gasteiger partial charge is 0.481 e. The van der Waals surface area contributed by atoms with Crippen LogP contribution >= 0.6 is 0 Å². The van der Waals surface area contributed by atoms with E-state index in [1.165, 1.54) is 7.11 Å². The van der Waals surface area contributed by atoms with Gasteiger partial charge in [0.05, 0.1) is 26.3 Å². The van der Waals surface area contributed by atoms with Gasteiger partial charge in [0.25, 0.3) is 0 Å². The zero-order valence-corrected chi connectivity index (χ0v) is 10.5. The molecule has 1 aromatic heterocycles. The van der Waals surface area contributed by atoms with Crippen molar-refractivity contribution < 1.29 is 14.3 Å². The normalized spacial score (nSPS) is 10.4. The molecule has 0 amide bonds. The van der Waals surface area contributed by atoms with Crippen LogP contribution in [0.3, 0.4) is 0 Å². The molecule has 0 bridgehead atoms. The van der Waals surface area contributed by atoms with E-state index in [1.807, 2.05) is 24.1 Å². The van der Waals surface area contributed by atoms with E-state index in [2.05, 4.69) is 9.72 Å². The van der Waals surface area contributed by atoms with E-state index in [9.17, 15) is 4.79 Å². The number of rotatable bonds is 6. The summed E-state index contributed by atoms with van der Waals surface area (Å²) in [6.45, 7) is 1.32. The Kier molecular flexibility index (Phi) is 5.42. The topological polar surface area (TPSA) is 51.7 Å². The quantitative estimate of drug-likeness (QED) is 0.694. The number of esters is 1. The smallest absolute Gasteiger partial charge is 0.306 e. The first kappa shape index (κ1) is 13.4. The van der Waals surface area contributed by atoms with E-state index >= 15 is 0 Å². The molecule has 94 valence electrons. The molecule has 17 heavy (non-hydrogen) atoms. The predicted octanol–water partition coefficient (Wildman–Crippen LogP) is 1.09. The van der Waals surface area contributed by atoms with Crippen LogP contribution in [0.5, 0.6) is 5.88 Å². The van der Waals surface area contributed by atoms with Gasteiger partial charge in [-0.05, 0) is 13.1 Å². The molecule has 1 heterocycles. The predicted molar refractivity (Wildman–Crippen MR) is 63.8 cm³/mol. The second kappa shape index (κ2) is 6.85. The summed E-state index contributed by atoms with van der Waals surface area (Å²) in [5.74, 6) is 0.402. The summed E-state index contributed by atoms with van der Waals surface area (Å²) in [7, 11) is 4.92. The molecule has 0 atom stereocenters. The third-order valence-electron chi connectivity index (χ3n) is 2.35. The molecule has 0 radical (unpaired) electrons. The monoisotopic (exact) mass is 238 g/mol. The zero-order chi connectivity index (χ0) is 12.7. The summed E-state index contributed by atoms with van der Waals surface area (Å²) in [6.07, 6.45) is 0.386. The number of aromatic nitrogens is 1. The van der Waals surface area contributed by atoms with Crippen molar-refractivity contribution in [3.05, 3.63) is 23.9 Å². The molecule has 0 unspecified atom stereocenters. The molecule has 0 saturated carbocycles. The molecule has 0 aliphatic heterocycles. The van der Waals surface area contributed by atoms with Crippen LogP contribution in [0.1, 0.15) is 12.1 Å². The summed E-state index contributed by atoms with van der Waals surface area (Å²) in [4.78, 5) is 17.3. The Morgan fingerprint density at radius 2 is 2.18 bits per heavy atom. The summed E-state index contributed by atoms with van der Waals surface area (Å²) in [6, 6.07) is 5.63. The SMILES string of the molecule is COC(=O)CCN(C)Cc1cccc(OC)n1. The number of ether oxygens (including phenoxy) is 2. The minimum Gasteiger partial charge on any atom is -0.481 e. The van der Waals surface area contributed by atoms with Crippen molar-refractivity contribution in [1.29, 1.82) is 0 Å². The average molecular weight is 238 g/mol. The molecular formula is C12H18N2O3. The number of carbonyl (C=O) groups is 1. The first-order valence-corrected chi connectivity index (χ1v) is 5.41. The van der Waals surface area contributed by atoms with Crippen molar-refractivity contribution >= 4 is 5.97 Å². The van der Waals surface area contributed by atoms with Crippen molar-refractivity contribution in [1.82, 2.24) is 9.88 Å². The lowest BCUT2D eigenvalue weighted by molar-refractivity contribution is -0.140. The molecular weight excluding hydrogens is 220 g/mol. The molecule has 1 rings (SSSR count). The fourth-order valence-corrected chi connectivity index (χ4v) is 1.40. The average Bonchev–Trinajstić information content (AvgIpc) is 2.36. The van der Waals surface area contributed by atoms with Gasteiger partial charge in [-0.25, -0.2) is 4.98 Å². The fourth-order valence-electron chi connectivity index (χ4n) is 1.40. The second-order valence-electron chi connectivity index (χ2n) is 3.74. The minimum absolute atomic E-state index is 0.199. The van der Waals surface area contributed by atoms with Gasteiger partial charge in [-0.3, -0.25) is 9.69 Å². The number of hydrogen-bond donors (Lipinski definition) is 0. The van der Waals surface area contributed by atoms with Gasteiger partial charge >= 0.3 is 5.97 Å². The second-order valence-corrected chi connectivity index (χ2v) is 3.74. The van der Waals surface area contributed by atoms with Crippen molar-refractivity contribution in [2.75, 3.05) is 27.8 Å². The fraction of sp³-hybridized carbons (Fsp3) is 0.500. The summed E-state index contributed by atoms with van der Waals surface area (Å²) >= 11 is 0. The maximum absolute atomic E-state index is 11.0. The van der Waals surface area contributed by atoms with E-state index in [-0.39, 0.29) is 5.97 Å². The molecule has 0 aromatic carbocycles. The number of hydrogen-bond acceptors (Lipinski definition) is 5. The summed E-state index contributed by atoms with van der Waals surface area (Å²) in [5, 5.41) is 0. The van der Waals surface area contributed by atoms with Crippen LogP contribution in [0.2, 0.25) is 0 Å². The first-order chi connectivity index (χ1) is 8.15. The van der Waals surface area contributed by atoms with E-state index in [0.29, 0.717) is 25.4 Å². The van der Waals surface area contributed by atoms with Crippen LogP contribution in [0.25, 0.3) is 0 Å². The van der Waals surface area contributed by atoms with Gasteiger partial charge in [0.15, 0.2) is 0 Å². The Hall–Kier alpha value is -1.62. The number of pyridine rings is 1. The molecule has 0 N–H and O–H groups in total. The molecule has 5 heteroatoms. The summed E-state index contributed by atoms with van der Waals surface area (Å²) in [5.41, 5.74) is 0.914. The lowest BCUT2D eigenvalue weighted by atomic mass is 10.3. The van der Waals surface area contributed by atoms with Gasteiger partial charge in [-0.15, -0.1) is 0 Å². The highest BCUT2D eigenvalue weighted by Crippen LogP contribution is 2.08. The van der Waals surface area contributed by atoms with E-state index in [0.717, 1.165) is 5.69 Å². The van der Waals surface area contributed by atoms with Gasteiger partial charge in [-0.1, -0.05) is 6.07 Å². The molecule has 0 saturated heterocycles. The Bertz CT molecular complexity index is 369. The Morgan fingerprint density at radius 1 is 1.41 bits per heavy atom. The maximum atomic E-state index is 11.0. The van der Waals surface area contributed by atoms with Crippen molar-refractivity contribution in [3.63, 3.8) is 0 Å². The minimum atomic E-state index is -0.199. The highest BCUT2D eigenvalue weighted by atomic mass is 16.5. The molecule has 0 spiro atoms. The third kappa shape index (κ3) is 4.82. The van der Waals surface area contributed by atoms with E-state index in [1.54, 1.807) is 13.2 Å². The van der Waals surface area contributed by atoms with Crippen molar-refractivity contribution in [2.45, 2.75) is 13.0 Å². The van der Waals surface area contributed by atoms with Crippen LogP contribution in [-0.4, -0.2) is 43.7 Å². The zero-order valence-electron chi connectivity index (χ0n) is 10.5. The van der Waals surface area contributed by atoms with Crippen LogP contribution in [0.15, 0.2) is 18.2 Å². The molecule has 5 nitrogen and oxygen atoms in total. The maximum Gasteiger partial charge on any atom is 0.306 e. The Balaban J connectivity index is 2.44. The van der Waals surface area contributed by atoms with Gasteiger partial charge in [0, 0.05) is 19.2 Å². The molecule has 0 fully saturated rings. The first-order valence-electron chi connectivity index (χ1n) is 5.41. The third-order valence-corrected chi connectivity index (χ3v) is 2.35. The lowest BCUT2D eigenvalue weighted by Crippen LogP contribution is -2.22. The molecule has 0 aliphatic rings. The van der Waals surface area contributed by atoms with Gasteiger partial charge < -0.3 is 9.47 Å². The highest BCUT2D eigenvalue weighted by Gasteiger charge is 2.06. The van der Waals surface area contributed by atoms with Gasteiger partial charge in [0.2, 0.25) is 5.88 Å². The highest BCUT2D eigenvalue weighted by molar-refractivity contribution is 5.69. The Labute approximate surface area is 101 Å². The van der Waals surface area contributed by atoms with Crippen LogP contribution in [0, 0.1) is 0 Å².